The lowest BCUT2D eigenvalue weighted by Crippen LogP contribution is -2.38. The summed E-state index contributed by atoms with van der Waals surface area (Å²) in [6.07, 6.45) is 3.22. The van der Waals surface area contributed by atoms with Crippen LogP contribution < -0.4 is 5.32 Å². The van der Waals surface area contributed by atoms with Crippen LogP contribution in [0.4, 0.5) is 0 Å². The van der Waals surface area contributed by atoms with Gasteiger partial charge in [-0.2, -0.15) is 0 Å². The number of hydrogen-bond donors (Lipinski definition) is 1. The maximum Gasteiger partial charge on any atom is 0.0775 e. The van der Waals surface area contributed by atoms with Crippen molar-refractivity contribution in [2.45, 2.75) is 38.7 Å². The Bertz CT molecular complexity index is 299. The topological polar surface area (TPSA) is 21.3 Å². The zero-order valence-electron chi connectivity index (χ0n) is 11.3. The molecule has 1 aromatic rings. The average molecular weight is 235 g/mol. The Morgan fingerprint density at radius 3 is 2.53 bits per heavy atom. The predicted molar refractivity (Wildman–Crippen MR) is 73.3 cm³/mol. The molecule has 1 atom stereocenters. The van der Waals surface area contributed by atoms with Crippen molar-refractivity contribution in [3.63, 3.8) is 0 Å². The molecule has 1 N–H and O–H groups in total. The van der Waals surface area contributed by atoms with Crippen molar-refractivity contribution in [1.29, 1.82) is 0 Å². The molecule has 1 unspecified atom stereocenters. The van der Waals surface area contributed by atoms with E-state index in [2.05, 4.69) is 49.5 Å². The van der Waals surface area contributed by atoms with E-state index in [9.17, 15) is 0 Å². The Morgan fingerprint density at radius 1 is 1.24 bits per heavy atom. The van der Waals surface area contributed by atoms with Gasteiger partial charge >= 0.3 is 0 Å². The molecule has 1 rings (SSSR count). The summed E-state index contributed by atoms with van der Waals surface area (Å²) in [5.74, 6) is 0. The molecule has 2 nitrogen and oxygen atoms in total. The fraction of sp³-hybridized carbons (Fsp3) is 0.600. The quantitative estimate of drug-likeness (QED) is 0.699. The fourth-order valence-corrected chi connectivity index (χ4v) is 1.89. The first-order valence-corrected chi connectivity index (χ1v) is 6.52. The molecule has 0 aliphatic carbocycles. The summed E-state index contributed by atoms with van der Waals surface area (Å²) in [4.78, 5) is 0. The number of aryl methyl sites for hydroxylation is 1. The zero-order valence-corrected chi connectivity index (χ0v) is 11.3. The second-order valence-electron chi connectivity index (χ2n) is 4.77. The Kier molecular flexibility index (Phi) is 6.23. The van der Waals surface area contributed by atoms with Gasteiger partial charge in [-0.15, -0.1) is 0 Å². The minimum absolute atomic E-state index is 0.0224. The Labute approximate surface area is 105 Å². The van der Waals surface area contributed by atoms with Crippen LogP contribution in [0.25, 0.3) is 0 Å². The van der Waals surface area contributed by atoms with Gasteiger partial charge in [0.1, 0.15) is 0 Å². The highest BCUT2D eigenvalue weighted by Gasteiger charge is 2.21. The molecule has 1 aromatic carbocycles. The second kappa shape index (κ2) is 7.46. The lowest BCUT2D eigenvalue weighted by molar-refractivity contribution is -0.0328. The monoisotopic (exact) mass is 235 g/mol. The van der Waals surface area contributed by atoms with Gasteiger partial charge in [0.25, 0.3) is 0 Å². The van der Waals surface area contributed by atoms with Gasteiger partial charge in [0.05, 0.1) is 5.60 Å². The highest BCUT2D eigenvalue weighted by molar-refractivity contribution is 5.14. The van der Waals surface area contributed by atoms with Crippen LogP contribution in [0.15, 0.2) is 30.3 Å². The first kappa shape index (κ1) is 14.2. The van der Waals surface area contributed by atoms with Crippen LogP contribution >= 0.6 is 0 Å². The van der Waals surface area contributed by atoms with Gasteiger partial charge < -0.3 is 10.1 Å². The summed E-state index contributed by atoms with van der Waals surface area (Å²) in [7, 11) is 1.97. The van der Waals surface area contributed by atoms with Crippen molar-refractivity contribution < 1.29 is 4.74 Å². The largest absolute Gasteiger partial charge is 0.374 e. The molecular formula is C15H25NO. The molecule has 96 valence electrons. The Balaban J connectivity index is 2.23. The molecule has 0 bridgehead atoms. The van der Waals surface area contributed by atoms with Gasteiger partial charge in [-0.25, -0.2) is 0 Å². The summed E-state index contributed by atoms with van der Waals surface area (Å²) in [6.45, 7) is 6.09. The van der Waals surface area contributed by atoms with Crippen molar-refractivity contribution in [2.75, 3.05) is 20.2 Å². The zero-order chi connectivity index (χ0) is 12.6. The lowest BCUT2D eigenvalue weighted by atomic mass is 10.0. The third-order valence-electron chi connectivity index (χ3n) is 3.20. The van der Waals surface area contributed by atoms with E-state index in [0.717, 1.165) is 32.4 Å². The summed E-state index contributed by atoms with van der Waals surface area (Å²) < 4.78 is 5.98. The SMILES string of the molecule is CCC(C)(CNC)OCCCc1ccccc1. The van der Waals surface area contributed by atoms with Crippen LogP contribution in [0.2, 0.25) is 0 Å². The first-order valence-electron chi connectivity index (χ1n) is 6.52. The molecule has 0 radical (unpaired) electrons. The van der Waals surface area contributed by atoms with Crippen LogP contribution in [0.1, 0.15) is 32.3 Å². The second-order valence-corrected chi connectivity index (χ2v) is 4.77. The van der Waals surface area contributed by atoms with Gasteiger partial charge in [-0.3, -0.25) is 0 Å². The first-order chi connectivity index (χ1) is 8.20. The van der Waals surface area contributed by atoms with E-state index in [0.29, 0.717) is 0 Å². The third kappa shape index (κ3) is 5.33. The molecule has 0 heterocycles. The summed E-state index contributed by atoms with van der Waals surface area (Å²) in [6, 6.07) is 10.6. The third-order valence-corrected chi connectivity index (χ3v) is 3.20. The number of likely N-dealkylation sites (N-methyl/N-ethyl adjacent to an activating group) is 1. The number of nitrogens with one attached hydrogen (secondary N) is 1. The molecule has 0 saturated heterocycles. The number of hydrogen-bond acceptors (Lipinski definition) is 2. The van der Waals surface area contributed by atoms with Crippen molar-refractivity contribution >= 4 is 0 Å². The van der Waals surface area contributed by atoms with Crippen LogP contribution in [0.3, 0.4) is 0 Å². The maximum absolute atomic E-state index is 5.98. The number of rotatable bonds is 8. The van der Waals surface area contributed by atoms with Gasteiger partial charge in [-0.1, -0.05) is 37.3 Å². The highest BCUT2D eigenvalue weighted by atomic mass is 16.5. The van der Waals surface area contributed by atoms with E-state index >= 15 is 0 Å². The standard InChI is InChI=1S/C15H25NO/c1-4-15(2,13-16-3)17-12-8-11-14-9-6-5-7-10-14/h5-7,9-10,16H,4,8,11-13H2,1-3H3. The Hall–Kier alpha value is -0.860. The van der Waals surface area contributed by atoms with E-state index < -0.39 is 0 Å². The van der Waals surface area contributed by atoms with Crippen LogP contribution in [0, 0.1) is 0 Å². The van der Waals surface area contributed by atoms with Gasteiger partial charge in [0, 0.05) is 13.2 Å². The molecule has 0 aromatic heterocycles. The van der Waals surface area contributed by atoms with E-state index in [1.165, 1.54) is 5.56 Å². The van der Waals surface area contributed by atoms with Crippen molar-refractivity contribution in [1.82, 2.24) is 5.32 Å². The fourth-order valence-electron chi connectivity index (χ4n) is 1.89. The summed E-state index contributed by atoms with van der Waals surface area (Å²) >= 11 is 0. The molecular weight excluding hydrogens is 210 g/mol. The average Bonchev–Trinajstić information content (AvgIpc) is 2.36. The van der Waals surface area contributed by atoms with Crippen molar-refractivity contribution in [3.8, 4) is 0 Å². The van der Waals surface area contributed by atoms with Crippen LogP contribution in [-0.2, 0) is 11.2 Å². The van der Waals surface area contributed by atoms with Crippen molar-refractivity contribution in [2.24, 2.45) is 0 Å². The molecule has 0 amide bonds. The van der Waals surface area contributed by atoms with Crippen LogP contribution in [0.5, 0.6) is 0 Å². The molecule has 2 heteroatoms. The van der Waals surface area contributed by atoms with E-state index in [4.69, 9.17) is 4.74 Å². The molecule has 0 aliphatic heterocycles. The lowest BCUT2D eigenvalue weighted by Gasteiger charge is -2.28. The van der Waals surface area contributed by atoms with E-state index in [-0.39, 0.29) is 5.60 Å². The minimum atomic E-state index is -0.0224. The van der Waals surface area contributed by atoms with Gasteiger partial charge in [0.2, 0.25) is 0 Å². The van der Waals surface area contributed by atoms with Crippen LogP contribution in [-0.4, -0.2) is 25.8 Å². The molecule has 0 aliphatic rings. The summed E-state index contributed by atoms with van der Waals surface area (Å²) in [5.41, 5.74) is 1.37. The summed E-state index contributed by atoms with van der Waals surface area (Å²) in [5, 5.41) is 3.19. The van der Waals surface area contributed by atoms with Gasteiger partial charge in [0.15, 0.2) is 0 Å². The Morgan fingerprint density at radius 2 is 1.94 bits per heavy atom. The van der Waals surface area contributed by atoms with E-state index in [1.54, 1.807) is 0 Å². The smallest absolute Gasteiger partial charge is 0.0775 e. The minimum Gasteiger partial charge on any atom is -0.374 e. The van der Waals surface area contributed by atoms with Crippen molar-refractivity contribution in [3.05, 3.63) is 35.9 Å². The predicted octanol–water partition coefficient (Wildman–Crippen LogP) is 3.02. The molecule has 17 heavy (non-hydrogen) atoms. The van der Waals surface area contributed by atoms with E-state index in [1.807, 2.05) is 7.05 Å². The normalized spacial score (nSPS) is 14.5. The molecule has 0 saturated carbocycles. The number of benzene rings is 1. The highest BCUT2D eigenvalue weighted by Crippen LogP contribution is 2.14. The molecule has 0 spiro atoms. The number of ether oxygens (including phenoxy) is 1. The molecule has 0 fully saturated rings. The maximum atomic E-state index is 5.98. The van der Waals surface area contributed by atoms with Gasteiger partial charge in [-0.05, 0) is 38.8 Å².